The Hall–Kier alpha value is -3.19. The molecule has 1 unspecified atom stereocenters. The molecule has 0 saturated carbocycles. The van der Waals surface area contributed by atoms with Crippen LogP contribution in [0.1, 0.15) is 32.4 Å². The Kier molecular flexibility index (Phi) is 6.72. The monoisotopic (exact) mass is 529 g/mol. The average Bonchev–Trinajstić information content (AvgIpc) is 3.42. The van der Waals surface area contributed by atoms with E-state index in [-0.39, 0.29) is 17.9 Å². The number of halogens is 1. The number of benzene rings is 3. The number of carbonyl (C=O) groups excluding carboxylic acids is 2. The van der Waals surface area contributed by atoms with Crippen LogP contribution in [0.25, 0.3) is 10.8 Å². The summed E-state index contributed by atoms with van der Waals surface area (Å²) in [4.78, 5) is 34.2. The van der Waals surface area contributed by atoms with E-state index in [1.54, 1.807) is 11.3 Å². The smallest absolute Gasteiger partial charge is 0.254 e. The first-order valence-corrected chi connectivity index (χ1v) is 13.9. The first-order chi connectivity index (χ1) is 18.1. The third-order valence-corrected chi connectivity index (χ3v) is 8.78. The lowest BCUT2D eigenvalue weighted by molar-refractivity contribution is -0.134. The zero-order chi connectivity index (χ0) is 25.4. The third kappa shape index (κ3) is 4.77. The van der Waals surface area contributed by atoms with Crippen molar-refractivity contribution in [1.29, 1.82) is 0 Å². The highest BCUT2D eigenvalue weighted by molar-refractivity contribution is 7.10. The van der Waals surface area contributed by atoms with Crippen molar-refractivity contribution in [3.63, 3.8) is 0 Å². The minimum absolute atomic E-state index is 0.0349. The number of amides is 2. The van der Waals surface area contributed by atoms with Crippen LogP contribution < -0.4 is 0 Å². The normalized spacial score (nSPS) is 18.1. The van der Waals surface area contributed by atoms with Gasteiger partial charge >= 0.3 is 0 Å². The van der Waals surface area contributed by atoms with Crippen molar-refractivity contribution >= 4 is 45.5 Å². The number of piperazine rings is 1. The van der Waals surface area contributed by atoms with Gasteiger partial charge in [-0.15, -0.1) is 11.3 Å². The van der Waals surface area contributed by atoms with Gasteiger partial charge < -0.3 is 9.80 Å². The van der Waals surface area contributed by atoms with Gasteiger partial charge in [0.25, 0.3) is 5.91 Å². The molecule has 2 aliphatic heterocycles. The Morgan fingerprint density at radius 2 is 1.57 bits per heavy atom. The highest BCUT2D eigenvalue weighted by Crippen LogP contribution is 2.38. The molecular weight excluding hydrogens is 502 g/mol. The van der Waals surface area contributed by atoms with Gasteiger partial charge in [0.1, 0.15) is 0 Å². The van der Waals surface area contributed by atoms with Gasteiger partial charge in [-0.1, -0.05) is 60.1 Å². The van der Waals surface area contributed by atoms with Crippen molar-refractivity contribution in [3.8, 4) is 0 Å². The molecule has 3 heterocycles. The maximum atomic E-state index is 13.4. The minimum Gasteiger partial charge on any atom is -0.338 e. The van der Waals surface area contributed by atoms with E-state index in [0.29, 0.717) is 37.7 Å². The number of nitrogens with zero attached hydrogens (tertiary/aromatic N) is 3. The molecule has 1 fully saturated rings. The molecule has 0 N–H and O–H groups in total. The summed E-state index contributed by atoms with van der Waals surface area (Å²) in [5.41, 5.74) is 3.17. The van der Waals surface area contributed by atoms with Gasteiger partial charge in [-0.05, 0) is 58.0 Å². The van der Waals surface area contributed by atoms with Crippen LogP contribution in [0.15, 0.2) is 78.2 Å². The number of thiophene rings is 1. The molecule has 188 valence electrons. The molecule has 37 heavy (non-hydrogen) atoms. The number of hydrogen-bond donors (Lipinski definition) is 0. The summed E-state index contributed by atoms with van der Waals surface area (Å²) in [6.07, 6.45) is 0.956. The van der Waals surface area contributed by atoms with Crippen molar-refractivity contribution in [3.05, 3.63) is 105 Å². The molecule has 7 heteroatoms. The van der Waals surface area contributed by atoms with E-state index >= 15 is 0 Å². The summed E-state index contributed by atoms with van der Waals surface area (Å²) in [6, 6.07) is 24.0. The van der Waals surface area contributed by atoms with Crippen LogP contribution in [0, 0.1) is 0 Å². The second-order valence-electron chi connectivity index (χ2n) is 9.67. The van der Waals surface area contributed by atoms with E-state index in [2.05, 4.69) is 28.5 Å². The van der Waals surface area contributed by atoms with Crippen LogP contribution in [0.5, 0.6) is 0 Å². The van der Waals surface area contributed by atoms with E-state index in [1.165, 1.54) is 10.4 Å². The molecule has 6 rings (SSSR count). The predicted molar refractivity (Wildman–Crippen MR) is 149 cm³/mol. The largest absolute Gasteiger partial charge is 0.338 e. The molecule has 2 amide bonds. The molecule has 0 bridgehead atoms. The summed E-state index contributed by atoms with van der Waals surface area (Å²) in [5, 5.41) is 4.89. The van der Waals surface area contributed by atoms with E-state index in [9.17, 15) is 9.59 Å². The van der Waals surface area contributed by atoms with Crippen LogP contribution in [0.2, 0.25) is 5.02 Å². The standard InChI is InChI=1S/C30H28ClN3O2S/c31-23-10-8-22(9-11-23)29-26-13-19-37-27(26)12-14-34(29)20-28(35)32-15-17-33(18-16-32)30(36)25-7-3-5-21-4-1-2-6-24(21)25/h1-11,13,19,29H,12,14-18,20H2. The van der Waals surface area contributed by atoms with Gasteiger partial charge in [-0.3, -0.25) is 14.5 Å². The molecule has 2 aliphatic rings. The van der Waals surface area contributed by atoms with Gasteiger partial charge in [0.05, 0.1) is 12.6 Å². The highest BCUT2D eigenvalue weighted by Gasteiger charge is 2.33. The van der Waals surface area contributed by atoms with E-state index in [4.69, 9.17) is 11.6 Å². The van der Waals surface area contributed by atoms with E-state index in [1.807, 2.05) is 64.4 Å². The maximum Gasteiger partial charge on any atom is 0.254 e. The SMILES string of the molecule is O=C(CN1CCc2sccc2C1c1ccc(Cl)cc1)N1CCN(C(=O)c2cccc3ccccc23)CC1. The molecule has 0 radical (unpaired) electrons. The number of hydrogen-bond acceptors (Lipinski definition) is 4. The summed E-state index contributed by atoms with van der Waals surface area (Å²) in [7, 11) is 0. The Balaban J connectivity index is 1.13. The summed E-state index contributed by atoms with van der Waals surface area (Å²) >= 11 is 7.95. The van der Waals surface area contributed by atoms with Crippen molar-refractivity contribution in [2.24, 2.45) is 0 Å². The van der Waals surface area contributed by atoms with Crippen LogP contribution in [0.3, 0.4) is 0 Å². The lowest BCUT2D eigenvalue weighted by atomic mass is 9.93. The van der Waals surface area contributed by atoms with Crippen molar-refractivity contribution < 1.29 is 9.59 Å². The van der Waals surface area contributed by atoms with Crippen LogP contribution >= 0.6 is 22.9 Å². The number of carbonyl (C=O) groups is 2. The number of fused-ring (bicyclic) bond motifs is 2. The average molecular weight is 530 g/mol. The van der Waals surface area contributed by atoms with Gasteiger partial charge in [0.2, 0.25) is 5.91 Å². The van der Waals surface area contributed by atoms with Crippen molar-refractivity contribution in [1.82, 2.24) is 14.7 Å². The number of rotatable bonds is 4. The Bertz CT molecular complexity index is 1440. The lowest BCUT2D eigenvalue weighted by Crippen LogP contribution is -2.53. The summed E-state index contributed by atoms with van der Waals surface area (Å²) in [5.74, 6) is 0.155. The first-order valence-electron chi connectivity index (χ1n) is 12.7. The fourth-order valence-corrected chi connectivity index (χ4v) is 6.62. The topological polar surface area (TPSA) is 43.9 Å². The minimum atomic E-state index is 0.0349. The molecule has 1 aromatic heterocycles. The third-order valence-electron chi connectivity index (χ3n) is 7.53. The Labute approximate surface area is 225 Å². The highest BCUT2D eigenvalue weighted by atomic mass is 35.5. The molecule has 4 aromatic rings. The fraction of sp³-hybridized carbons (Fsp3) is 0.267. The zero-order valence-electron chi connectivity index (χ0n) is 20.5. The predicted octanol–water partition coefficient (Wildman–Crippen LogP) is 5.49. The maximum absolute atomic E-state index is 13.4. The van der Waals surface area contributed by atoms with Crippen LogP contribution in [0.4, 0.5) is 0 Å². The molecule has 3 aromatic carbocycles. The van der Waals surface area contributed by atoms with Crippen LogP contribution in [-0.2, 0) is 11.2 Å². The van der Waals surface area contributed by atoms with Gasteiger partial charge in [0.15, 0.2) is 0 Å². The van der Waals surface area contributed by atoms with Crippen LogP contribution in [-0.4, -0.2) is 65.8 Å². The van der Waals surface area contributed by atoms with Gasteiger partial charge in [0, 0.05) is 48.2 Å². The van der Waals surface area contributed by atoms with E-state index in [0.717, 1.165) is 34.9 Å². The van der Waals surface area contributed by atoms with Gasteiger partial charge in [-0.25, -0.2) is 0 Å². The molecule has 0 aliphatic carbocycles. The first kappa shape index (κ1) is 24.2. The van der Waals surface area contributed by atoms with Crippen molar-refractivity contribution in [2.75, 3.05) is 39.3 Å². The molecule has 1 saturated heterocycles. The summed E-state index contributed by atoms with van der Waals surface area (Å²) < 4.78 is 0. The zero-order valence-corrected chi connectivity index (χ0v) is 22.0. The summed E-state index contributed by atoms with van der Waals surface area (Å²) in [6.45, 7) is 3.40. The fourth-order valence-electron chi connectivity index (χ4n) is 5.59. The lowest BCUT2D eigenvalue weighted by Gasteiger charge is -2.39. The van der Waals surface area contributed by atoms with Crippen molar-refractivity contribution in [2.45, 2.75) is 12.5 Å². The Morgan fingerprint density at radius 3 is 2.38 bits per heavy atom. The molecule has 1 atom stereocenters. The molecule has 5 nitrogen and oxygen atoms in total. The second kappa shape index (κ2) is 10.3. The quantitative estimate of drug-likeness (QED) is 0.351. The Morgan fingerprint density at radius 1 is 0.838 bits per heavy atom. The molecular formula is C30H28ClN3O2S. The molecule has 0 spiro atoms. The van der Waals surface area contributed by atoms with Gasteiger partial charge in [-0.2, -0.15) is 0 Å². The second-order valence-corrected chi connectivity index (χ2v) is 11.1. The van der Waals surface area contributed by atoms with E-state index < -0.39 is 0 Å².